The Bertz CT molecular complexity index is 474. The zero-order valence-electron chi connectivity index (χ0n) is 9.87. The van der Waals surface area contributed by atoms with Crippen LogP contribution in [0.3, 0.4) is 0 Å². The minimum Gasteiger partial charge on any atom is -0.396 e. The van der Waals surface area contributed by atoms with Gasteiger partial charge in [0.05, 0.1) is 5.69 Å². The van der Waals surface area contributed by atoms with Crippen molar-refractivity contribution in [1.82, 2.24) is 0 Å². The van der Waals surface area contributed by atoms with E-state index >= 15 is 0 Å². The predicted molar refractivity (Wildman–Crippen MR) is 66.7 cm³/mol. The summed E-state index contributed by atoms with van der Waals surface area (Å²) in [6.07, 6.45) is 0. The molecule has 2 aromatic carbocycles. The van der Waals surface area contributed by atoms with Gasteiger partial charge >= 0.3 is 0 Å². The Kier molecular flexibility index (Phi) is 4.64. The van der Waals surface area contributed by atoms with Gasteiger partial charge in [0.15, 0.2) is 0 Å². The van der Waals surface area contributed by atoms with Gasteiger partial charge < -0.3 is 5.73 Å². The maximum absolute atomic E-state index is 12.2. The van der Waals surface area contributed by atoms with Gasteiger partial charge in [-0.25, -0.2) is 8.78 Å². The van der Waals surface area contributed by atoms with Gasteiger partial charge in [0, 0.05) is 6.07 Å². The average Bonchev–Trinajstić information content (AvgIpc) is 2.29. The number of nitrogens with two attached hydrogens (primary N) is 1. The average molecular weight is 235 g/mol. The lowest BCUT2D eigenvalue weighted by Gasteiger charge is -1.93. The fraction of sp³-hybridized carbons (Fsp3) is 0.143. The zero-order chi connectivity index (χ0) is 12.8. The largest absolute Gasteiger partial charge is 0.396 e. The van der Waals surface area contributed by atoms with E-state index in [1.54, 1.807) is 0 Å². The molecule has 17 heavy (non-hydrogen) atoms. The Morgan fingerprint density at radius 1 is 0.882 bits per heavy atom. The van der Waals surface area contributed by atoms with Crippen molar-refractivity contribution in [3.05, 3.63) is 65.2 Å². The minimum atomic E-state index is -0.713. The lowest BCUT2D eigenvalue weighted by molar-refractivity contribution is 0.586. The Morgan fingerprint density at radius 3 is 1.76 bits per heavy atom. The minimum absolute atomic E-state index is 0.0311. The summed E-state index contributed by atoms with van der Waals surface area (Å²) >= 11 is 0. The Balaban J connectivity index is 0.000000171. The third-order valence-corrected chi connectivity index (χ3v) is 2.39. The van der Waals surface area contributed by atoms with Crippen LogP contribution in [0, 0.1) is 25.5 Å². The summed E-state index contributed by atoms with van der Waals surface area (Å²) in [5, 5.41) is 0. The molecule has 0 saturated carbocycles. The van der Waals surface area contributed by atoms with E-state index in [9.17, 15) is 8.78 Å². The summed E-state index contributed by atoms with van der Waals surface area (Å²) in [7, 11) is 0. The molecule has 2 N–H and O–H groups in total. The van der Waals surface area contributed by atoms with Crippen LogP contribution in [0.2, 0.25) is 0 Å². The van der Waals surface area contributed by atoms with Gasteiger partial charge in [-0.2, -0.15) is 0 Å². The van der Waals surface area contributed by atoms with E-state index in [1.807, 2.05) is 0 Å². The van der Waals surface area contributed by atoms with Crippen LogP contribution >= 0.6 is 0 Å². The highest BCUT2D eigenvalue weighted by molar-refractivity contribution is 5.38. The van der Waals surface area contributed by atoms with Crippen LogP contribution in [-0.2, 0) is 0 Å². The molecule has 0 saturated heterocycles. The summed E-state index contributed by atoms with van der Waals surface area (Å²) in [5.41, 5.74) is 7.75. The molecule has 0 amide bonds. The van der Waals surface area contributed by atoms with Gasteiger partial charge in [0.25, 0.3) is 0 Å². The summed E-state index contributed by atoms with van der Waals surface area (Å²) < 4.78 is 24.3. The van der Waals surface area contributed by atoms with Crippen molar-refractivity contribution < 1.29 is 8.78 Å². The lowest BCUT2D eigenvalue weighted by atomic mass is 10.1. The molecule has 2 rings (SSSR count). The second-order valence-electron chi connectivity index (χ2n) is 3.75. The van der Waals surface area contributed by atoms with Crippen molar-refractivity contribution >= 4 is 5.69 Å². The molecule has 0 unspecified atom stereocenters. The predicted octanol–water partition coefficient (Wildman–Crippen LogP) is 3.85. The molecular weight excluding hydrogens is 220 g/mol. The van der Waals surface area contributed by atoms with Gasteiger partial charge in [0.1, 0.15) is 11.6 Å². The monoisotopic (exact) mass is 235 g/mol. The number of halogens is 2. The molecule has 0 fully saturated rings. The molecule has 0 radical (unpaired) electrons. The maximum Gasteiger partial charge on any atom is 0.148 e. The van der Waals surface area contributed by atoms with Crippen LogP contribution in [0.1, 0.15) is 11.1 Å². The van der Waals surface area contributed by atoms with Crippen LogP contribution in [-0.4, -0.2) is 0 Å². The first-order chi connectivity index (χ1) is 8.00. The van der Waals surface area contributed by atoms with E-state index in [0.717, 1.165) is 12.1 Å². The number of hydrogen-bond donors (Lipinski definition) is 1. The number of nitrogen functional groups attached to an aromatic ring is 1. The molecule has 0 aliphatic rings. The molecule has 0 aromatic heterocycles. The van der Waals surface area contributed by atoms with E-state index in [4.69, 9.17) is 5.73 Å². The summed E-state index contributed by atoms with van der Waals surface area (Å²) in [5.74, 6) is -1.32. The summed E-state index contributed by atoms with van der Waals surface area (Å²) in [4.78, 5) is 0. The molecule has 0 atom stereocenters. The standard InChI is InChI=1S/C8H10.C6H5F2N/c1-7-5-3-4-6-8(7)2;7-4-1-2-6(9)5(8)3-4/h3-6H,1-2H3;1-3H,9H2. The molecular formula is C14H15F2N. The molecule has 0 spiro atoms. The first-order valence-electron chi connectivity index (χ1n) is 5.23. The molecule has 0 bridgehead atoms. The van der Waals surface area contributed by atoms with E-state index in [2.05, 4.69) is 38.1 Å². The van der Waals surface area contributed by atoms with Crippen molar-refractivity contribution in [3.63, 3.8) is 0 Å². The molecule has 2 aromatic rings. The number of aryl methyl sites for hydroxylation is 2. The Morgan fingerprint density at radius 2 is 1.41 bits per heavy atom. The first-order valence-corrected chi connectivity index (χ1v) is 5.23. The van der Waals surface area contributed by atoms with Gasteiger partial charge in [-0.05, 0) is 37.1 Å². The van der Waals surface area contributed by atoms with Gasteiger partial charge in [-0.3, -0.25) is 0 Å². The maximum atomic E-state index is 12.2. The van der Waals surface area contributed by atoms with Crippen molar-refractivity contribution in [3.8, 4) is 0 Å². The van der Waals surface area contributed by atoms with Crippen LogP contribution < -0.4 is 5.73 Å². The van der Waals surface area contributed by atoms with Crippen molar-refractivity contribution in [1.29, 1.82) is 0 Å². The van der Waals surface area contributed by atoms with E-state index in [-0.39, 0.29) is 5.69 Å². The normalized spacial score (nSPS) is 9.41. The van der Waals surface area contributed by atoms with E-state index in [0.29, 0.717) is 0 Å². The van der Waals surface area contributed by atoms with Crippen LogP contribution in [0.25, 0.3) is 0 Å². The van der Waals surface area contributed by atoms with Gasteiger partial charge in [0.2, 0.25) is 0 Å². The fourth-order valence-electron chi connectivity index (χ4n) is 1.16. The first kappa shape index (κ1) is 13.2. The second kappa shape index (κ2) is 5.99. The fourth-order valence-corrected chi connectivity index (χ4v) is 1.16. The topological polar surface area (TPSA) is 26.0 Å². The Labute approximate surface area is 99.9 Å². The third-order valence-electron chi connectivity index (χ3n) is 2.39. The third kappa shape index (κ3) is 4.23. The van der Waals surface area contributed by atoms with Gasteiger partial charge in [-0.1, -0.05) is 24.3 Å². The Hall–Kier alpha value is -1.90. The molecule has 0 heterocycles. The van der Waals surface area contributed by atoms with E-state index < -0.39 is 11.6 Å². The van der Waals surface area contributed by atoms with Crippen LogP contribution in [0.15, 0.2) is 42.5 Å². The van der Waals surface area contributed by atoms with Crippen LogP contribution in [0.4, 0.5) is 14.5 Å². The van der Waals surface area contributed by atoms with Crippen molar-refractivity contribution in [2.24, 2.45) is 0 Å². The lowest BCUT2D eigenvalue weighted by Crippen LogP contribution is -1.89. The molecule has 3 heteroatoms. The molecule has 1 nitrogen and oxygen atoms in total. The highest BCUT2D eigenvalue weighted by Gasteiger charge is 1.96. The highest BCUT2D eigenvalue weighted by atomic mass is 19.1. The van der Waals surface area contributed by atoms with Crippen molar-refractivity contribution in [2.75, 3.05) is 5.73 Å². The second-order valence-corrected chi connectivity index (χ2v) is 3.75. The van der Waals surface area contributed by atoms with Gasteiger partial charge in [-0.15, -0.1) is 0 Å². The number of hydrogen-bond acceptors (Lipinski definition) is 1. The summed E-state index contributed by atoms with van der Waals surface area (Å²) in [6.45, 7) is 4.24. The SMILES string of the molecule is Cc1ccccc1C.Nc1ccc(F)cc1F. The molecule has 90 valence electrons. The number of rotatable bonds is 0. The van der Waals surface area contributed by atoms with E-state index in [1.165, 1.54) is 17.2 Å². The molecule has 0 aliphatic heterocycles. The molecule has 0 aliphatic carbocycles. The number of anilines is 1. The smallest absolute Gasteiger partial charge is 0.148 e. The van der Waals surface area contributed by atoms with Crippen molar-refractivity contribution in [2.45, 2.75) is 13.8 Å². The quantitative estimate of drug-likeness (QED) is 0.689. The highest BCUT2D eigenvalue weighted by Crippen LogP contribution is 2.09. The van der Waals surface area contributed by atoms with Crippen LogP contribution in [0.5, 0.6) is 0 Å². The summed E-state index contributed by atoms with van der Waals surface area (Å²) in [6, 6.07) is 11.4. The zero-order valence-corrected chi connectivity index (χ0v) is 9.87. The number of benzene rings is 2.